The summed E-state index contributed by atoms with van der Waals surface area (Å²) in [6, 6.07) is 44.8. The molecule has 0 bridgehead atoms. The van der Waals surface area contributed by atoms with Gasteiger partial charge in [-0.3, -0.25) is 14.4 Å². The van der Waals surface area contributed by atoms with E-state index in [9.17, 15) is 0 Å². The quantitative estimate of drug-likeness (QED) is 0.193. The summed E-state index contributed by atoms with van der Waals surface area (Å²) >= 11 is 0. The number of hydrogen-bond acceptors (Lipinski definition) is 4. The fourth-order valence-electron chi connectivity index (χ4n) is 6.84. The molecule has 0 amide bonds. The number of aliphatic imine (C=N–C) groups is 1. The zero-order chi connectivity index (χ0) is 32.0. The second-order valence-corrected chi connectivity index (χ2v) is 12.4. The highest BCUT2D eigenvalue weighted by Crippen LogP contribution is 2.37. The molecule has 4 aromatic carbocycles. The topological polar surface area (TPSA) is 55.4 Å². The van der Waals surface area contributed by atoms with E-state index in [0.717, 1.165) is 73.4 Å². The minimum Gasteiger partial charge on any atom is -0.298 e. The van der Waals surface area contributed by atoms with Gasteiger partial charge < -0.3 is 0 Å². The van der Waals surface area contributed by atoms with E-state index in [0.29, 0.717) is 0 Å². The predicted molar refractivity (Wildman–Crippen MR) is 196 cm³/mol. The van der Waals surface area contributed by atoms with E-state index in [1.807, 2.05) is 36.7 Å². The first kappa shape index (κ1) is 28.1. The molecule has 9 rings (SSSR count). The lowest BCUT2D eigenvalue weighted by atomic mass is 9.86. The summed E-state index contributed by atoms with van der Waals surface area (Å²) in [6.45, 7) is 2.12. The van der Waals surface area contributed by atoms with Gasteiger partial charge >= 0.3 is 0 Å². The Bertz CT molecular complexity index is 2520. The number of allylic oxidation sites excluding steroid dienone is 1. The Labute approximate surface area is 278 Å². The highest BCUT2D eigenvalue weighted by molar-refractivity contribution is 6.09. The van der Waals surface area contributed by atoms with Crippen molar-refractivity contribution in [2.75, 3.05) is 0 Å². The molecule has 1 atom stereocenters. The first-order chi connectivity index (χ1) is 23.7. The second-order valence-electron chi connectivity index (χ2n) is 12.4. The molecule has 5 heteroatoms. The number of para-hydroxylation sites is 1. The minimum atomic E-state index is 0.187. The maximum Gasteiger partial charge on any atom is 0.137 e. The molecule has 8 aromatic rings. The Hall–Kier alpha value is -6.20. The molecule has 0 aliphatic carbocycles. The van der Waals surface area contributed by atoms with Gasteiger partial charge in [-0.1, -0.05) is 109 Å². The zero-order valence-corrected chi connectivity index (χ0v) is 26.5. The van der Waals surface area contributed by atoms with Crippen LogP contribution in [0.3, 0.4) is 0 Å². The molecule has 1 aliphatic heterocycles. The number of pyridine rings is 3. The van der Waals surface area contributed by atoms with Crippen molar-refractivity contribution in [2.45, 2.75) is 19.3 Å². The van der Waals surface area contributed by atoms with E-state index in [1.54, 1.807) is 0 Å². The van der Waals surface area contributed by atoms with Gasteiger partial charge in [0.2, 0.25) is 0 Å². The third-order valence-electron chi connectivity index (χ3n) is 9.34. The Kier molecular flexibility index (Phi) is 6.75. The fourth-order valence-corrected chi connectivity index (χ4v) is 6.84. The van der Waals surface area contributed by atoms with Gasteiger partial charge in [-0.15, -0.1) is 0 Å². The maximum absolute atomic E-state index is 5.16. The molecule has 0 N–H and O–H groups in total. The van der Waals surface area contributed by atoms with E-state index in [1.165, 1.54) is 16.7 Å². The van der Waals surface area contributed by atoms with Crippen LogP contribution in [0.25, 0.3) is 55.7 Å². The molecule has 5 heterocycles. The molecule has 5 nitrogen and oxygen atoms in total. The van der Waals surface area contributed by atoms with Crippen molar-refractivity contribution < 1.29 is 0 Å². The lowest BCUT2D eigenvalue weighted by Gasteiger charge is -2.22. The summed E-state index contributed by atoms with van der Waals surface area (Å²) in [6.07, 6.45) is 8.90. The van der Waals surface area contributed by atoms with E-state index in [2.05, 4.69) is 132 Å². The number of aromatic nitrogens is 4. The van der Waals surface area contributed by atoms with Gasteiger partial charge in [0.05, 0.1) is 22.4 Å². The fraction of sp³-hybridized carbons (Fsp3) is 0.0698. The maximum atomic E-state index is 5.16. The number of hydrogen-bond donors (Lipinski definition) is 0. The summed E-state index contributed by atoms with van der Waals surface area (Å²) in [5.41, 5.74) is 15.0. The van der Waals surface area contributed by atoms with Crippen LogP contribution in [0.2, 0.25) is 0 Å². The van der Waals surface area contributed by atoms with Crippen molar-refractivity contribution in [2.24, 2.45) is 4.99 Å². The number of imidazole rings is 1. The summed E-state index contributed by atoms with van der Waals surface area (Å²) in [5.74, 6) is 0.187. The lowest BCUT2D eigenvalue weighted by Crippen LogP contribution is -2.12. The third-order valence-corrected chi connectivity index (χ3v) is 9.34. The first-order valence-electron chi connectivity index (χ1n) is 16.3. The smallest absolute Gasteiger partial charge is 0.137 e. The second kappa shape index (κ2) is 11.6. The largest absolute Gasteiger partial charge is 0.298 e. The molecule has 1 aliphatic rings. The monoisotopic (exact) mass is 617 g/mol. The van der Waals surface area contributed by atoms with Crippen LogP contribution in [-0.2, 0) is 0 Å². The molecule has 1 unspecified atom stereocenters. The molecule has 0 saturated carbocycles. The van der Waals surface area contributed by atoms with E-state index >= 15 is 0 Å². The number of benzene rings is 4. The Morgan fingerprint density at radius 3 is 2.27 bits per heavy atom. The van der Waals surface area contributed by atoms with E-state index in [-0.39, 0.29) is 5.92 Å². The van der Waals surface area contributed by atoms with E-state index < -0.39 is 0 Å². The van der Waals surface area contributed by atoms with Crippen molar-refractivity contribution >= 4 is 39.0 Å². The van der Waals surface area contributed by atoms with Gasteiger partial charge in [0.15, 0.2) is 0 Å². The Morgan fingerprint density at radius 2 is 1.42 bits per heavy atom. The molecule has 0 fully saturated rings. The van der Waals surface area contributed by atoms with Crippen molar-refractivity contribution in [3.05, 3.63) is 174 Å². The molecule has 0 saturated heterocycles. The zero-order valence-electron chi connectivity index (χ0n) is 26.5. The molecular weight excluding hydrogens is 587 g/mol. The minimum absolute atomic E-state index is 0.187. The molecule has 4 aromatic heterocycles. The lowest BCUT2D eigenvalue weighted by molar-refractivity contribution is 0.879. The van der Waals surface area contributed by atoms with Crippen LogP contribution >= 0.6 is 0 Å². The van der Waals surface area contributed by atoms with E-state index in [4.69, 9.17) is 15.0 Å². The number of aryl methyl sites for hydroxylation is 1. The van der Waals surface area contributed by atoms with Crippen molar-refractivity contribution in [3.8, 4) is 22.4 Å². The van der Waals surface area contributed by atoms with Gasteiger partial charge in [0.25, 0.3) is 0 Å². The summed E-state index contributed by atoms with van der Waals surface area (Å²) < 4.78 is 2.15. The highest BCUT2D eigenvalue weighted by atomic mass is 15.0. The van der Waals surface area contributed by atoms with Crippen molar-refractivity contribution in [1.82, 2.24) is 19.4 Å². The molecular formula is C43H31N5. The molecule has 48 heavy (non-hydrogen) atoms. The molecule has 0 radical (unpaired) electrons. The van der Waals surface area contributed by atoms with Crippen LogP contribution in [0, 0.1) is 6.92 Å². The number of rotatable bonds is 5. The van der Waals surface area contributed by atoms with Crippen molar-refractivity contribution in [1.29, 1.82) is 0 Å². The average molecular weight is 618 g/mol. The first-order valence-corrected chi connectivity index (χ1v) is 16.3. The van der Waals surface area contributed by atoms with Gasteiger partial charge in [-0.05, 0) is 65.1 Å². The normalized spacial score (nSPS) is 14.7. The number of fused-ring (bicyclic) bond motifs is 5. The van der Waals surface area contributed by atoms with Gasteiger partial charge in [0, 0.05) is 47.6 Å². The molecule has 228 valence electrons. The van der Waals surface area contributed by atoms with Gasteiger partial charge in [-0.25, -0.2) is 9.97 Å². The van der Waals surface area contributed by atoms with Crippen LogP contribution in [0.15, 0.2) is 157 Å². The highest BCUT2D eigenvalue weighted by Gasteiger charge is 2.22. The van der Waals surface area contributed by atoms with Gasteiger partial charge in [0.1, 0.15) is 11.2 Å². The Morgan fingerprint density at radius 1 is 0.646 bits per heavy atom. The van der Waals surface area contributed by atoms with Gasteiger partial charge in [-0.2, -0.15) is 0 Å². The molecule has 0 spiro atoms. The summed E-state index contributed by atoms with van der Waals surface area (Å²) in [7, 11) is 0. The third kappa shape index (κ3) is 4.97. The average Bonchev–Trinajstić information content (AvgIpc) is 3.55. The summed E-state index contributed by atoms with van der Waals surface area (Å²) in [4.78, 5) is 19.5. The van der Waals surface area contributed by atoms with Crippen LogP contribution in [0.5, 0.6) is 0 Å². The predicted octanol–water partition coefficient (Wildman–Crippen LogP) is 10.1. The van der Waals surface area contributed by atoms with Crippen molar-refractivity contribution in [3.63, 3.8) is 0 Å². The van der Waals surface area contributed by atoms with Crippen LogP contribution in [-0.4, -0.2) is 25.1 Å². The van der Waals surface area contributed by atoms with Crippen LogP contribution in [0.4, 0.5) is 0 Å². The van der Waals surface area contributed by atoms with Crippen LogP contribution in [0.1, 0.15) is 34.6 Å². The standard InChI is InChI=1S/C43H31N5/c1-28-12-14-30(15-13-28)38-26-35(27-39(45-38)31-20-22-44-23-21-31)34-8-6-7-33(25-34)29-16-18-32(19-17-29)41-43-42(36-9-2-3-10-37(36)46-41)47-40-11-4-5-24-48(40)43/h2-26,35H,27H2,1H3. The SMILES string of the molecule is Cc1ccc(C2=CC(c3cccc(-c4ccc(-c5nc6ccccc6c6nc7ccccn7c56)cc4)c3)CC(c3ccncc3)=N2)cc1. The summed E-state index contributed by atoms with van der Waals surface area (Å²) in [5, 5.41) is 1.06. The Balaban J connectivity index is 1.09. The number of nitrogens with zero attached hydrogens (tertiary/aromatic N) is 5. The van der Waals surface area contributed by atoms with Crippen LogP contribution < -0.4 is 0 Å².